The van der Waals surface area contributed by atoms with Crippen molar-refractivity contribution in [3.05, 3.63) is 36.5 Å². The largest absolute Gasteiger partial charge is 0.383 e. The summed E-state index contributed by atoms with van der Waals surface area (Å²) in [6.07, 6.45) is 1.75. The second-order valence-electron chi connectivity index (χ2n) is 4.89. The fraction of sp³-hybridized carbons (Fsp3) is 0.333. The van der Waals surface area contributed by atoms with Gasteiger partial charge in [0.25, 0.3) is 0 Å². The molecule has 1 aromatic carbocycles. The van der Waals surface area contributed by atoms with E-state index >= 15 is 0 Å². The van der Waals surface area contributed by atoms with Gasteiger partial charge < -0.3 is 15.9 Å². The van der Waals surface area contributed by atoms with Crippen LogP contribution in [0.3, 0.4) is 0 Å². The molecule has 22 heavy (non-hydrogen) atoms. The lowest BCUT2D eigenvalue weighted by Crippen LogP contribution is -2.36. The Morgan fingerprint density at radius 2 is 2.18 bits per heavy atom. The maximum atomic E-state index is 11.8. The van der Waals surface area contributed by atoms with Crippen LogP contribution in [-0.4, -0.2) is 41.1 Å². The van der Waals surface area contributed by atoms with E-state index in [2.05, 4.69) is 10.3 Å². The van der Waals surface area contributed by atoms with Gasteiger partial charge in [0.2, 0.25) is 5.91 Å². The van der Waals surface area contributed by atoms with E-state index in [1.807, 2.05) is 37.3 Å². The molecule has 1 atom stereocenters. The minimum Gasteiger partial charge on any atom is -0.383 e. The zero-order valence-electron chi connectivity index (χ0n) is 12.7. The lowest BCUT2D eigenvalue weighted by molar-refractivity contribution is -0.119. The highest BCUT2D eigenvalue weighted by Crippen LogP contribution is 2.22. The van der Waals surface area contributed by atoms with Crippen molar-refractivity contribution in [1.82, 2.24) is 15.0 Å². The van der Waals surface area contributed by atoms with Gasteiger partial charge in [0.05, 0.1) is 24.3 Å². The van der Waals surface area contributed by atoms with Gasteiger partial charge in [-0.3, -0.25) is 4.79 Å². The van der Waals surface area contributed by atoms with Crippen molar-refractivity contribution in [2.45, 2.75) is 18.1 Å². The highest BCUT2D eigenvalue weighted by atomic mass is 32.2. The van der Waals surface area contributed by atoms with Crippen LogP contribution in [0, 0.1) is 0 Å². The number of aromatic nitrogens is 2. The molecular formula is C15H20N4O2S. The molecule has 1 aromatic heterocycles. The first kappa shape index (κ1) is 16.4. The van der Waals surface area contributed by atoms with Crippen molar-refractivity contribution in [2.75, 3.05) is 25.3 Å². The van der Waals surface area contributed by atoms with E-state index in [-0.39, 0.29) is 17.7 Å². The highest BCUT2D eigenvalue weighted by Gasteiger charge is 2.12. The number of benzene rings is 1. The lowest BCUT2D eigenvalue weighted by Gasteiger charge is -2.12. The van der Waals surface area contributed by atoms with Gasteiger partial charge in [-0.05, 0) is 6.92 Å². The van der Waals surface area contributed by atoms with Gasteiger partial charge in [0.15, 0.2) is 5.16 Å². The molecule has 6 nitrogen and oxygen atoms in total. The van der Waals surface area contributed by atoms with Crippen LogP contribution in [0.5, 0.6) is 0 Å². The van der Waals surface area contributed by atoms with E-state index in [0.717, 1.165) is 11.3 Å². The minimum absolute atomic E-state index is 0.0180. The quantitative estimate of drug-likeness (QED) is 0.597. The summed E-state index contributed by atoms with van der Waals surface area (Å²) in [5.74, 6) is 6.09. The average molecular weight is 320 g/mol. The Morgan fingerprint density at radius 3 is 2.86 bits per heavy atom. The zero-order valence-corrected chi connectivity index (χ0v) is 13.5. The fourth-order valence-electron chi connectivity index (χ4n) is 1.97. The van der Waals surface area contributed by atoms with Crippen molar-refractivity contribution in [3.63, 3.8) is 0 Å². The van der Waals surface area contributed by atoms with Crippen LogP contribution in [0.25, 0.3) is 11.3 Å². The SMILES string of the molecule is COC[C@H](C)NC(=O)CSc1nc(-c2ccccc2)cn1N. The van der Waals surface area contributed by atoms with Crippen molar-refractivity contribution in [2.24, 2.45) is 0 Å². The molecule has 0 radical (unpaired) electrons. The molecule has 1 heterocycles. The van der Waals surface area contributed by atoms with Crippen LogP contribution in [-0.2, 0) is 9.53 Å². The monoisotopic (exact) mass is 320 g/mol. The number of imidazole rings is 1. The number of nitrogens with one attached hydrogen (secondary N) is 1. The molecule has 0 fully saturated rings. The van der Waals surface area contributed by atoms with E-state index in [0.29, 0.717) is 11.8 Å². The van der Waals surface area contributed by atoms with Gasteiger partial charge in [0.1, 0.15) is 0 Å². The van der Waals surface area contributed by atoms with Crippen molar-refractivity contribution < 1.29 is 9.53 Å². The van der Waals surface area contributed by atoms with E-state index in [1.54, 1.807) is 13.3 Å². The Bertz CT molecular complexity index is 615. The van der Waals surface area contributed by atoms with Gasteiger partial charge >= 0.3 is 0 Å². The molecule has 0 bridgehead atoms. The average Bonchev–Trinajstić information content (AvgIpc) is 2.87. The molecule has 7 heteroatoms. The first-order valence-corrected chi connectivity index (χ1v) is 7.89. The van der Waals surface area contributed by atoms with Gasteiger partial charge in [-0.1, -0.05) is 42.1 Å². The summed E-state index contributed by atoms with van der Waals surface area (Å²) < 4.78 is 6.42. The third-order valence-corrected chi connectivity index (χ3v) is 3.89. The third-order valence-electron chi connectivity index (χ3n) is 2.92. The van der Waals surface area contributed by atoms with Gasteiger partial charge in [-0.2, -0.15) is 0 Å². The summed E-state index contributed by atoms with van der Waals surface area (Å²) >= 11 is 1.30. The van der Waals surface area contributed by atoms with Crippen LogP contribution in [0.1, 0.15) is 6.92 Å². The number of rotatable bonds is 7. The molecule has 0 aliphatic rings. The minimum atomic E-state index is -0.0705. The maximum Gasteiger partial charge on any atom is 0.230 e. The summed E-state index contributed by atoms with van der Waals surface area (Å²) in [6.45, 7) is 2.38. The molecule has 0 aliphatic carbocycles. The molecule has 1 amide bonds. The predicted octanol–water partition coefficient (Wildman–Crippen LogP) is 1.51. The second-order valence-corrected chi connectivity index (χ2v) is 5.84. The third kappa shape index (κ3) is 4.51. The fourth-order valence-corrected chi connectivity index (χ4v) is 2.68. The Morgan fingerprint density at radius 1 is 1.45 bits per heavy atom. The molecule has 0 aliphatic heterocycles. The van der Waals surface area contributed by atoms with Crippen molar-refractivity contribution in [1.29, 1.82) is 0 Å². The molecule has 0 saturated carbocycles. The predicted molar refractivity (Wildman–Crippen MR) is 88.0 cm³/mol. The van der Waals surface area contributed by atoms with Crippen LogP contribution in [0.15, 0.2) is 41.7 Å². The number of nitrogen functional groups attached to an aromatic ring is 1. The summed E-state index contributed by atoms with van der Waals surface area (Å²) in [5, 5.41) is 3.45. The Hall–Kier alpha value is -1.99. The summed E-state index contributed by atoms with van der Waals surface area (Å²) in [6, 6.07) is 9.76. The van der Waals surface area contributed by atoms with Crippen LogP contribution in [0.2, 0.25) is 0 Å². The normalized spacial score (nSPS) is 12.1. The smallest absolute Gasteiger partial charge is 0.230 e. The van der Waals surface area contributed by atoms with E-state index < -0.39 is 0 Å². The maximum absolute atomic E-state index is 11.8. The molecule has 0 spiro atoms. The Balaban J connectivity index is 1.94. The molecule has 2 rings (SSSR count). The van der Waals surface area contributed by atoms with Crippen LogP contribution < -0.4 is 11.2 Å². The number of nitrogens with two attached hydrogens (primary N) is 1. The summed E-state index contributed by atoms with van der Waals surface area (Å²) in [5.41, 5.74) is 1.78. The molecule has 0 unspecified atom stereocenters. The number of hydrogen-bond donors (Lipinski definition) is 2. The van der Waals surface area contributed by atoms with Crippen LogP contribution in [0.4, 0.5) is 0 Å². The first-order valence-electron chi connectivity index (χ1n) is 6.91. The van der Waals surface area contributed by atoms with Gasteiger partial charge in [0, 0.05) is 18.7 Å². The van der Waals surface area contributed by atoms with E-state index in [9.17, 15) is 4.79 Å². The number of hydrogen-bond acceptors (Lipinski definition) is 5. The van der Waals surface area contributed by atoms with Gasteiger partial charge in [-0.25, -0.2) is 9.66 Å². The van der Waals surface area contributed by atoms with E-state index in [1.165, 1.54) is 16.4 Å². The van der Waals surface area contributed by atoms with Crippen LogP contribution >= 0.6 is 11.8 Å². The summed E-state index contributed by atoms with van der Waals surface area (Å²) in [4.78, 5) is 16.3. The number of nitrogens with zero attached hydrogens (tertiary/aromatic N) is 2. The standard InChI is InChI=1S/C15H20N4O2S/c1-11(9-21-2)17-14(20)10-22-15-18-13(8-19(15)16)12-6-4-3-5-7-12/h3-8,11H,9-10,16H2,1-2H3,(H,17,20)/t11-/m0/s1. The topological polar surface area (TPSA) is 82.2 Å². The molecular weight excluding hydrogens is 300 g/mol. The number of carbonyl (C=O) groups excluding carboxylic acids is 1. The van der Waals surface area contributed by atoms with Crippen molar-refractivity contribution >= 4 is 17.7 Å². The zero-order chi connectivity index (χ0) is 15.9. The lowest BCUT2D eigenvalue weighted by atomic mass is 10.2. The number of ether oxygens (including phenoxy) is 1. The van der Waals surface area contributed by atoms with E-state index in [4.69, 9.17) is 10.6 Å². The molecule has 2 aromatic rings. The van der Waals surface area contributed by atoms with Crippen molar-refractivity contribution in [3.8, 4) is 11.3 Å². The summed E-state index contributed by atoms with van der Waals surface area (Å²) in [7, 11) is 1.60. The molecule has 118 valence electrons. The number of thioether (sulfide) groups is 1. The molecule has 3 N–H and O–H groups in total. The highest BCUT2D eigenvalue weighted by molar-refractivity contribution is 7.99. The first-order chi connectivity index (χ1) is 10.6. The number of amides is 1. The molecule has 0 saturated heterocycles. The van der Waals surface area contributed by atoms with Gasteiger partial charge in [-0.15, -0.1) is 0 Å². The Kier molecular flexibility index (Phi) is 5.85. The number of methoxy groups -OCH3 is 1. The second kappa shape index (κ2) is 7.86. The Labute approximate surface area is 134 Å². The number of carbonyl (C=O) groups is 1.